The van der Waals surface area contributed by atoms with Crippen molar-refractivity contribution >= 4 is 44.9 Å². The van der Waals surface area contributed by atoms with Gasteiger partial charge in [-0.1, -0.05) is 224 Å². The number of hydrogen-bond donors (Lipinski definition) is 0. The summed E-state index contributed by atoms with van der Waals surface area (Å²) in [5, 5.41) is 2.47. The average molecular weight is 941 g/mol. The molecular formula is C72H48N2. The highest BCUT2D eigenvalue weighted by Gasteiger charge is 2.54. The zero-order valence-electron chi connectivity index (χ0n) is 40.6. The van der Waals surface area contributed by atoms with Crippen molar-refractivity contribution in [3.8, 4) is 33.4 Å². The molecule has 0 heterocycles. The van der Waals surface area contributed by atoms with Gasteiger partial charge in [0.1, 0.15) is 0 Å². The van der Waals surface area contributed by atoms with E-state index in [1.54, 1.807) is 0 Å². The summed E-state index contributed by atoms with van der Waals surface area (Å²) in [5.74, 6) is 0. The molecule has 1 spiro atoms. The molecule has 2 heteroatoms. The van der Waals surface area contributed by atoms with Gasteiger partial charge in [-0.15, -0.1) is 0 Å². The molecule has 0 bridgehead atoms. The molecule has 0 aromatic heterocycles. The van der Waals surface area contributed by atoms with Crippen LogP contribution < -0.4 is 9.80 Å². The number of nitrogens with zero attached hydrogens (tertiary/aromatic N) is 2. The molecule has 1 atom stereocenters. The molecule has 1 unspecified atom stereocenters. The van der Waals surface area contributed by atoms with Crippen LogP contribution in [0.15, 0.2) is 291 Å². The van der Waals surface area contributed by atoms with E-state index in [0.717, 1.165) is 28.4 Å². The number of para-hydroxylation sites is 3. The molecule has 3 aliphatic rings. The van der Waals surface area contributed by atoms with Gasteiger partial charge in [-0.25, -0.2) is 0 Å². The van der Waals surface area contributed by atoms with E-state index >= 15 is 0 Å². The molecule has 346 valence electrons. The summed E-state index contributed by atoms with van der Waals surface area (Å²) in [6, 6.07) is 108. The van der Waals surface area contributed by atoms with E-state index in [1.807, 2.05) is 0 Å². The van der Waals surface area contributed by atoms with E-state index in [-0.39, 0.29) is 0 Å². The van der Waals surface area contributed by atoms with Gasteiger partial charge in [-0.2, -0.15) is 0 Å². The average Bonchev–Trinajstić information content (AvgIpc) is 4.17. The predicted octanol–water partition coefficient (Wildman–Crippen LogP) is 18.5. The third-order valence-electron chi connectivity index (χ3n) is 16.3. The SMILES string of the molecule is c1ccc(N(c2ccc3c(c2)-c2ccccc2C32c3ccccc3-c3c2c(N(c2ccccc2)c2ccccc2)cc2ccccc32)c2ccc3c(c2)C(c2ccccc2)(c2ccccc2)c2ccccc2-3)cc1. The van der Waals surface area contributed by atoms with Crippen LogP contribution in [0.2, 0.25) is 0 Å². The second-order valence-electron chi connectivity index (χ2n) is 19.9. The monoisotopic (exact) mass is 940 g/mol. The van der Waals surface area contributed by atoms with Crippen LogP contribution in [0, 0.1) is 0 Å². The summed E-state index contributed by atoms with van der Waals surface area (Å²) in [4.78, 5) is 4.96. The fourth-order valence-electron chi connectivity index (χ4n) is 13.5. The molecule has 0 amide bonds. The van der Waals surface area contributed by atoms with Crippen molar-refractivity contribution in [1.82, 2.24) is 0 Å². The fraction of sp³-hybridized carbons (Fsp3) is 0.0278. The molecule has 0 radical (unpaired) electrons. The van der Waals surface area contributed by atoms with Gasteiger partial charge >= 0.3 is 0 Å². The standard InChI is InChI=1S/C72H48N2/c1-6-25-50(26-7-1)71(51-27-8-2-9-28-51)63-39-21-18-36-58(63)60-44-42-56(48-67(60)71)73(52-29-10-3-11-30-52)55-43-45-66-62(47-55)59-37-19-22-40-64(59)72(66)65-41-23-20-38-61(65)69-57-35-17-16-24-49(57)46-68(70(69)72)74(53-31-12-4-13-32-53)54-33-14-5-15-34-54/h1-48H. The van der Waals surface area contributed by atoms with Crippen molar-refractivity contribution in [2.75, 3.05) is 9.80 Å². The van der Waals surface area contributed by atoms with Crippen molar-refractivity contribution < 1.29 is 0 Å². The minimum atomic E-state index is -0.639. The molecule has 12 aromatic carbocycles. The Kier molecular flexibility index (Phi) is 9.43. The molecule has 15 rings (SSSR count). The fourth-order valence-corrected chi connectivity index (χ4v) is 13.5. The van der Waals surface area contributed by atoms with Gasteiger partial charge < -0.3 is 9.80 Å². The predicted molar refractivity (Wildman–Crippen MR) is 307 cm³/mol. The van der Waals surface area contributed by atoms with Gasteiger partial charge in [0.2, 0.25) is 0 Å². The van der Waals surface area contributed by atoms with Crippen LogP contribution in [-0.2, 0) is 10.8 Å². The Labute approximate surface area is 432 Å². The van der Waals surface area contributed by atoms with Gasteiger partial charge in [-0.05, 0) is 150 Å². The third kappa shape index (κ3) is 5.88. The summed E-state index contributed by atoms with van der Waals surface area (Å²) >= 11 is 0. The summed E-state index contributed by atoms with van der Waals surface area (Å²) in [6.45, 7) is 0. The van der Waals surface area contributed by atoms with Crippen molar-refractivity contribution in [3.05, 3.63) is 336 Å². The molecule has 0 saturated heterocycles. The molecule has 0 aliphatic heterocycles. The Morgan fingerprint density at radius 3 is 1.27 bits per heavy atom. The maximum atomic E-state index is 2.49. The smallest absolute Gasteiger partial charge is 0.0746 e. The second kappa shape index (κ2) is 16.5. The van der Waals surface area contributed by atoms with Gasteiger partial charge in [0.15, 0.2) is 0 Å². The number of fused-ring (bicyclic) bond motifs is 15. The van der Waals surface area contributed by atoms with Gasteiger partial charge in [0.05, 0.1) is 16.5 Å². The summed E-state index contributed by atoms with van der Waals surface area (Å²) in [7, 11) is 0. The van der Waals surface area contributed by atoms with Crippen molar-refractivity contribution in [2.24, 2.45) is 0 Å². The van der Waals surface area contributed by atoms with Gasteiger partial charge in [0.25, 0.3) is 0 Å². The first-order valence-corrected chi connectivity index (χ1v) is 25.8. The quantitative estimate of drug-likeness (QED) is 0.150. The Morgan fingerprint density at radius 1 is 0.243 bits per heavy atom. The summed E-state index contributed by atoms with van der Waals surface area (Å²) < 4.78 is 0. The minimum absolute atomic E-state index is 0.533. The highest BCUT2D eigenvalue weighted by atomic mass is 15.2. The van der Waals surface area contributed by atoms with E-state index in [0.29, 0.717) is 0 Å². The Balaban J connectivity index is 0.997. The van der Waals surface area contributed by atoms with Crippen molar-refractivity contribution in [1.29, 1.82) is 0 Å². The lowest BCUT2D eigenvalue weighted by molar-refractivity contribution is 0.768. The lowest BCUT2D eigenvalue weighted by Gasteiger charge is -2.36. The lowest BCUT2D eigenvalue weighted by atomic mass is 9.67. The second-order valence-corrected chi connectivity index (χ2v) is 19.9. The zero-order chi connectivity index (χ0) is 48.8. The minimum Gasteiger partial charge on any atom is -0.310 e. The number of anilines is 6. The van der Waals surface area contributed by atoms with E-state index in [4.69, 9.17) is 0 Å². The van der Waals surface area contributed by atoms with Crippen LogP contribution in [-0.4, -0.2) is 0 Å². The van der Waals surface area contributed by atoms with Crippen LogP contribution in [0.5, 0.6) is 0 Å². The first kappa shape index (κ1) is 42.2. The molecule has 12 aromatic rings. The molecular weight excluding hydrogens is 893 g/mol. The van der Waals surface area contributed by atoms with E-state index in [9.17, 15) is 0 Å². The largest absolute Gasteiger partial charge is 0.310 e. The zero-order valence-corrected chi connectivity index (χ0v) is 40.6. The molecule has 74 heavy (non-hydrogen) atoms. The third-order valence-corrected chi connectivity index (χ3v) is 16.3. The number of benzene rings is 12. The van der Waals surface area contributed by atoms with Gasteiger partial charge in [0, 0.05) is 34.0 Å². The highest BCUT2D eigenvalue weighted by molar-refractivity contribution is 6.11. The molecule has 0 fully saturated rings. The number of hydrogen-bond acceptors (Lipinski definition) is 2. The van der Waals surface area contributed by atoms with Crippen LogP contribution in [0.1, 0.15) is 44.5 Å². The molecule has 3 aliphatic carbocycles. The van der Waals surface area contributed by atoms with Gasteiger partial charge in [-0.3, -0.25) is 0 Å². The number of rotatable bonds is 8. The maximum Gasteiger partial charge on any atom is 0.0746 e. The maximum absolute atomic E-state index is 2.49. The van der Waals surface area contributed by atoms with Crippen LogP contribution in [0.25, 0.3) is 44.2 Å². The Bertz CT molecular complexity index is 4050. The summed E-state index contributed by atoms with van der Waals surface area (Å²) in [5.41, 5.74) is 23.4. The van der Waals surface area contributed by atoms with Crippen molar-refractivity contribution in [2.45, 2.75) is 10.8 Å². The molecule has 0 saturated carbocycles. The lowest BCUT2D eigenvalue weighted by Crippen LogP contribution is -2.28. The Morgan fingerprint density at radius 2 is 0.662 bits per heavy atom. The summed E-state index contributed by atoms with van der Waals surface area (Å²) in [6.07, 6.45) is 0. The topological polar surface area (TPSA) is 6.48 Å². The van der Waals surface area contributed by atoms with E-state index in [1.165, 1.54) is 94.3 Å². The first-order valence-electron chi connectivity index (χ1n) is 25.8. The van der Waals surface area contributed by atoms with Crippen LogP contribution in [0.4, 0.5) is 34.1 Å². The first-order chi connectivity index (χ1) is 36.7. The highest BCUT2D eigenvalue weighted by Crippen LogP contribution is 2.67. The normalized spacial score (nSPS) is 14.9. The molecule has 2 nitrogen and oxygen atoms in total. The van der Waals surface area contributed by atoms with E-state index in [2.05, 4.69) is 301 Å². The molecule has 0 N–H and O–H groups in total. The Hall–Kier alpha value is -9.50. The van der Waals surface area contributed by atoms with Crippen molar-refractivity contribution in [3.63, 3.8) is 0 Å². The van der Waals surface area contributed by atoms with Crippen LogP contribution in [0.3, 0.4) is 0 Å². The van der Waals surface area contributed by atoms with E-state index < -0.39 is 10.8 Å². The van der Waals surface area contributed by atoms with Crippen LogP contribution >= 0.6 is 0 Å².